The molecule has 110 valence electrons. The maximum absolute atomic E-state index is 5.94. The summed E-state index contributed by atoms with van der Waals surface area (Å²) in [5.74, 6) is 0. The van der Waals surface area contributed by atoms with Crippen LogP contribution in [0.4, 0.5) is 0 Å². The van der Waals surface area contributed by atoms with Crippen molar-refractivity contribution in [3.05, 3.63) is 64.9 Å². The summed E-state index contributed by atoms with van der Waals surface area (Å²) in [6.45, 7) is 1.74. The van der Waals surface area contributed by atoms with Gasteiger partial charge in [0, 0.05) is 30.1 Å². The molecule has 1 aromatic carbocycles. The number of pyridine rings is 1. The third kappa shape index (κ3) is 3.82. The summed E-state index contributed by atoms with van der Waals surface area (Å²) in [5, 5.41) is 4.37. The molecule has 0 bridgehead atoms. The third-order valence-corrected chi connectivity index (χ3v) is 4.09. The molecule has 2 heterocycles. The highest BCUT2D eigenvalue weighted by Gasteiger charge is 2.28. The Morgan fingerprint density at radius 3 is 2.86 bits per heavy atom. The van der Waals surface area contributed by atoms with Crippen LogP contribution in [0.2, 0.25) is 5.02 Å². The van der Waals surface area contributed by atoms with Gasteiger partial charge in [-0.25, -0.2) is 0 Å². The lowest BCUT2D eigenvalue weighted by Crippen LogP contribution is -2.33. The van der Waals surface area contributed by atoms with Crippen LogP contribution in [0.1, 0.15) is 23.7 Å². The van der Waals surface area contributed by atoms with Crippen LogP contribution in [0.15, 0.2) is 48.8 Å². The Bertz CT molecular complexity index is 559. The number of aromatic nitrogens is 1. The van der Waals surface area contributed by atoms with Crippen LogP contribution >= 0.6 is 11.6 Å². The number of nitrogens with one attached hydrogen (secondary N) is 1. The van der Waals surface area contributed by atoms with Crippen molar-refractivity contribution in [1.29, 1.82) is 0 Å². The molecule has 3 rings (SSSR count). The lowest BCUT2D eigenvalue weighted by atomic mass is 10.0. The summed E-state index contributed by atoms with van der Waals surface area (Å²) in [7, 11) is 0. The molecule has 0 radical (unpaired) electrons. The molecule has 3 nitrogen and oxygen atoms in total. The molecule has 0 spiro atoms. The first-order chi connectivity index (χ1) is 10.3. The number of rotatable bonds is 5. The van der Waals surface area contributed by atoms with Crippen LogP contribution in [0.3, 0.4) is 0 Å². The van der Waals surface area contributed by atoms with E-state index in [9.17, 15) is 0 Å². The van der Waals surface area contributed by atoms with Crippen molar-refractivity contribution in [2.45, 2.75) is 25.0 Å². The lowest BCUT2D eigenvalue weighted by Gasteiger charge is -2.20. The highest BCUT2D eigenvalue weighted by atomic mass is 35.5. The van der Waals surface area contributed by atoms with Gasteiger partial charge >= 0.3 is 0 Å². The second kappa shape index (κ2) is 7.03. The number of benzene rings is 1. The van der Waals surface area contributed by atoms with E-state index < -0.39 is 0 Å². The average molecular weight is 303 g/mol. The molecule has 2 atom stereocenters. The van der Waals surface area contributed by atoms with Gasteiger partial charge in [0.25, 0.3) is 0 Å². The highest BCUT2D eigenvalue weighted by Crippen LogP contribution is 2.29. The molecular formula is C17H19ClN2O. The maximum atomic E-state index is 5.94. The van der Waals surface area contributed by atoms with E-state index in [4.69, 9.17) is 16.3 Å². The Balaban J connectivity index is 1.56. The summed E-state index contributed by atoms with van der Waals surface area (Å²) in [5.41, 5.74) is 2.45. The topological polar surface area (TPSA) is 34.1 Å². The molecule has 1 aliphatic rings. The molecule has 0 saturated carbocycles. The Morgan fingerprint density at radius 2 is 2.10 bits per heavy atom. The standard InChI is InChI=1S/C17H19ClN2O/c18-15-5-3-14(4-6-15)17-16(8-11-21-17)20-10-7-13-2-1-9-19-12-13/h1-6,9,12,16-17,20H,7-8,10-11H2/t16-,17+/m1/s1. The predicted octanol–water partition coefficient (Wildman–Crippen LogP) is 3.40. The molecule has 1 N–H and O–H groups in total. The van der Waals surface area contributed by atoms with Gasteiger partial charge in [0.2, 0.25) is 0 Å². The van der Waals surface area contributed by atoms with Gasteiger partial charge in [-0.3, -0.25) is 4.98 Å². The molecule has 2 aromatic rings. The monoisotopic (exact) mass is 302 g/mol. The molecule has 0 aliphatic carbocycles. The summed E-state index contributed by atoms with van der Waals surface area (Å²) < 4.78 is 5.88. The van der Waals surface area contributed by atoms with Crippen LogP contribution in [0.5, 0.6) is 0 Å². The zero-order valence-electron chi connectivity index (χ0n) is 11.8. The van der Waals surface area contributed by atoms with Crippen LogP contribution in [-0.4, -0.2) is 24.2 Å². The molecule has 1 saturated heterocycles. The summed E-state index contributed by atoms with van der Waals surface area (Å²) >= 11 is 5.94. The second-order valence-corrected chi connectivity index (χ2v) is 5.74. The van der Waals surface area contributed by atoms with Crippen LogP contribution in [0.25, 0.3) is 0 Å². The largest absolute Gasteiger partial charge is 0.372 e. The number of halogens is 1. The molecule has 0 amide bonds. The van der Waals surface area contributed by atoms with Gasteiger partial charge in [0.15, 0.2) is 0 Å². The Hall–Kier alpha value is -1.42. The Kier molecular flexibility index (Phi) is 4.86. The van der Waals surface area contributed by atoms with E-state index in [0.717, 1.165) is 31.0 Å². The first-order valence-electron chi connectivity index (χ1n) is 7.32. The minimum Gasteiger partial charge on any atom is -0.372 e. The van der Waals surface area contributed by atoms with Crippen LogP contribution in [0, 0.1) is 0 Å². The van der Waals surface area contributed by atoms with E-state index in [1.54, 1.807) is 6.20 Å². The fourth-order valence-electron chi connectivity index (χ4n) is 2.73. The van der Waals surface area contributed by atoms with E-state index in [0.29, 0.717) is 6.04 Å². The molecule has 21 heavy (non-hydrogen) atoms. The van der Waals surface area contributed by atoms with Gasteiger partial charge in [0.05, 0.1) is 6.10 Å². The maximum Gasteiger partial charge on any atom is 0.0978 e. The average Bonchev–Trinajstić information content (AvgIpc) is 2.98. The normalized spacial score (nSPS) is 21.6. The van der Waals surface area contributed by atoms with E-state index >= 15 is 0 Å². The van der Waals surface area contributed by atoms with Gasteiger partial charge in [-0.05, 0) is 48.7 Å². The summed E-state index contributed by atoms with van der Waals surface area (Å²) in [6.07, 6.45) is 5.87. The van der Waals surface area contributed by atoms with Crippen molar-refractivity contribution in [2.75, 3.05) is 13.2 Å². The Morgan fingerprint density at radius 1 is 1.24 bits per heavy atom. The molecule has 0 unspecified atom stereocenters. The van der Waals surface area contributed by atoms with E-state index in [2.05, 4.69) is 16.4 Å². The second-order valence-electron chi connectivity index (χ2n) is 5.30. The third-order valence-electron chi connectivity index (χ3n) is 3.83. The number of hydrogen-bond donors (Lipinski definition) is 1. The van der Waals surface area contributed by atoms with Crippen molar-refractivity contribution in [3.8, 4) is 0 Å². The molecule has 1 fully saturated rings. The summed E-state index contributed by atoms with van der Waals surface area (Å²) in [6, 6.07) is 12.4. The van der Waals surface area contributed by atoms with Crippen LogP contribution < -0.4 is 5.32 Å². The van der Waals surface area contributed by atoms with Gasteiger partial charge in [-0.15, -0.1) is 0 Å². The predicted molar refractivity (Wildman–Crippen MR) is 84.5 cm³/mol. The van der Waals surface area contributed by atoms with Gasteiger partial charge < -0.3 is 10.1 Å². The van der Waals surface area contributed by atoms with E-state index in [1.165, 1.54) is 11.1 Å². The van der Waals surface area contributed by atoms with Gasteiger partial charge in [0.1, 0.15) is 0 Å². The first-order valence-corrected chi connectivity index (χ1v) is 7.70. The molecule has 1 aromatic heterocycles. The molecule has 4 heteroatoms. The molecular weight excluding hydrogens is 284 g/mol. The van der Waals surface area contributed by atoms with Crippen molar-refractivity contribution < 1.29 is 4.74 Å². The number of hydrogen-bond acceptors (Lipinski definition) is 3. The zero-order valence-corrected chi connectivity index (χ0v) is 12.6. The quantitative estimate of drug-likeness (QED) is 0.919. The fraction of sp³-hybridized carbons (Fsp3) is 0.353. The summed E-state index contributed by atoms with van der Waals surface area (Å²) in [4.78, 5) is 4.14. The zero-order chi connectivity index (χ0) is 14.5. The van der Waals surface area contributed by atoms with Crippen molar-refractivity contribution in [3.63, 3.8) is 0 Å². The highest BCUT2D eigenvalue weighted by molar-refractivity contribution is 6.30. The minimum atomic E-state index is 0.121. The number of ether oxygens (including phenoxy) is 1. The Labute approximate surface area is 130 Å². The number of nitrogens with zero attached hydrogens (tertiary/aromatic N) is 1. The van der Waals surface area contributed by atoms with Crippen LogP contribution in [-0.2, 0) is 11.2 Å². The van der Waals surface area contributed by atoms with Crippen molar-refractivity contribution in [1.82, 2.24) is 10.3 Å². The SMILES string of the molecule is Clc1ccc([C@@H]2OCC[C@H]2NCCc2cccnc2)cc1. The lowest BCUT2D eigenvalue weighted by molar-refractivity contribution is 0.0989. The van der Waals surface area contributed by atoms with E-state index in [-0.39, 0.29) is 6.10 Å². The van der Waals surface area contributed by atoms with Gasteiger partial charge in [-0.2, -0.15) is 0 Å². The van der Waals surface area contributed by atoms with Crippen molar-refractivity contribution in [2.24, 2.45) is 0 Å². The van der Waals surface area contributed by atoms with Crippen molar-refractivity contribution >= 4 is 11.6 Å². The first kappa shape index (κ1) is 14.5. The van der Waals surface area contributed by atoms with Gasteiger partial charge in [-0.1, -0.05) is 29.8 Å². The minimum absolute atomic E-state index is 0.121. The van der Waals surface area contributed by atoms with E-state index in [1.807, 2.05) is 36.5 Å². The molecule has 1 aliphatic heterocycles. The fourth-order valence-corrected chi connectivity index (χ4v) is 2.85. The smallest absolute Gasteiger partial charge is 0.0978 e.